The van der Waals surface area contributed by atoms with Crippen LogP contribution in [0, 0.1) is 5.92 Å². The molecule has 0 atom stereocenters. The largest absolute Gasteiger partial charge is 0.343 e. The van der Waals surface area contributed by atoms with Gasteiger partial charge in [0, 0.05) is 26.1 Å². The van der Waals surface area contributed by atoms with E-state index in [-0.39, 0.29) is 43.2 Å². The van der Waals surface area contributed by atoms with E-state index in [9.17, 15) is 14.4 Å². The first-order chi connectivity index (χ1) is 11.1. The maximum Gasteiger partial charge on any atom is 0.325 e. The van der Waals surface area contributed by atoms with Crippen molar-refractivity contribution in [2.75, 3.05) is 26.2 Å². The Hall–Kier alpha value is -1.34. The number of hydrogen-bond acceptors (Lipinski definition) is 4. The number of urea groups is 1. The highest BCUT2D eigenvalue weighted by atomic mass is 35.5. The Morgan fingerprint density at radius 3 is 2.42 bits per heavy atom. The van der Waals surface area contributed by atoms with E-state index in [2.05, 4.69) is 5.32 Å². The van der Waals surface area contributed by atoms with Crippen LogP contribution in [0.25, 0.3) is 0 Å². The van der Waals surface area contributed by atoms with Crippen molar-refractivity contribution in [2.24, 2.45) is 11.7 Å². The zero-order valence-electron chi connectivity index (χ0n) is 14.0. The molecule has 0 aromatic carbocycles. The Labute approximate surface area is 148 Å². The zero-order valence-corrected chi connectivity index (χ0v) is 14.8. The molecule has 8 heteroatoms. The molecule has 3 aliphatic rings. The van der Waals surface area contributed by atoms with Gasteiger partial charge in [-0.1, -0.05) is 12.8 Å². The number of halogens is 1. The number of piperidine rings is 1. The third-order valence-electron chi connectivity index (χ3n) is 5.55. The van der Waals surface area contributed by atoms with E-state index in [0.29, 0.717) is 25.3 Å². The third kappa shape index (κ3) is 3.52. The Balaban J connectivity index is 0.00000208. The van der Waals surface area contributed by atoms with E-state index in [4.69, 9.17) is 5.73 Å². The average molecular weight is 359 g/mol. The fourth-order valence-electron chi connectivity index (χ4n) is 3.98. The van der Waals surface area contributed by atoms with Crippen LogP contribution in [-0.2, 0) is 9.59 Å². The molecule has 0 radical (unpaired) electrons. The van der Waals surface area contributed by atoms with Gasteiger partial charge in [-0.2, -0.15) is 0 Å². The molecular formula is C16H27ClN4O3. The number of rotatable bonds is 4. The molecule has 1 spiro atoms. The van der Waals surface area contributed by atoms with Crippen molar-refractivity contribution >= 4 is 30.3 Å². The minimum Gasteiger partial charge on any atom is -0.343 e. The fraction of sp³-hybridized carbons (Fsp3) is 0.812. The normalized spacial score (nSPS) is 23.5. The summed E-state index contributed by atoms with van der Waals surface area (Å²) in [5.41, 5.74) is 4.98. The second kappa shape index (κ2) is 7.70. The summed E-state index contributed by atoms with van der Waals surface area (Å²) < 4.78 is 0. The highest BCUT2D eigenvalue weighted by Crippen LogP contribution is 2.35. The summed E-state index contributed by atoms with van der Waals surface area (Å²) >= 11 is 0. The van der Waals surface area contributed by atoms with Crippen LogP contribution in [0.5, 0.6) is 0 Å². The summed E-state index contributed by atoms with van der Waals surface area (Å²) in [6, 6.07) is -0.341. The molecule has 0 aromatic heterocycles. The van der Waals surface area contributed by atoms with Crippen LogP contribution in [0.2, 0.25) is 0 Å². The summed E-state index contributed by atoms with van der Waals surface area (Å²) in [6.45, 7) is 2.31. The first-order valence-corrected chi connectivity index (χ1v) is 8.68. The molecule has 24 heavy (non-hydrogen) atoms. The zero-order chi connectivity index (χ0) is 16.4. The average Bonchev–Trinajstić information content (AvgIpc) is 3.12. The Morgan fingerprint density at radius 1 is 1.21 bits per heavy atom. The Kier molecular flexibility index (Phi) is 6.09. The lowest BCUT2D eigenvalue weighted by Crippen LogP contribution is -2.44. The highest BCUT2D eigenvalue weighted by molar-refractivity contribution is 6.07. The second-order valence-electron chi connectivity index (χ2n) is 6.99. The Morgan fingerprint density at radius 2 is 1.83 bits per heavy atom. The summed E-state index contributed by atoms with van der Waals surface area (Å²) in [5, 5.41) is 2.84. The van der Waals surface area contributed by atoms with Crippen LogP contribution in [0.3, 0.4) is 0 Å². The van der Waals surface area contributed by atoms with E-state index in [1.807, 2.05) is 4.90 Å². The number of carbonyl (C=O) groups excluding carboxylic acids is 3. The lowest BCUT2D eigenvalue weighted by atomic mass is 9.97. The lowest BCUT2D eigenvalue weighted by Gasteiger charge is -2.31. The van der Waals surface area contributed by atoms with E-state index >= 15 is 0 Å². The van der Waals surface area contributed by atoms with Gasteiger partial charge in [0.2, 0.25) is 5.91 Å². The van der Waals surface area contributed by atoms with Gasteiger partial charge in [0.05, 0.1) is 0 Å². The maximum atomic E-state index is 12.5. The molecule has 3 rings (SSSR count). The third-order valence-corrected chi connectivity index (χ3v) is 5.55. The number of carbonyl (C=O) groups is 3. The van der Waals surface area contributed by atoms with Crippen molar-refractivity contribution < 1.29 is 14.4 Å². The summed E-state index contributed by atoms with van der Waals surface area (Å²) in [7, 11) is 0. The van der Waals surface area contributed by atoms with E-state index < -0.39 is 5.54 Å². The van der Waals surface area contributed by atoms with Crippen molar-refractivity contribution in [3.63, 3.8) is 0 Å². The van der Waals surface area contributed by atoms with Crippen molar-refractivity contribution in [1.82, 2.24) is 15.1 Å². The number of amides is 4. The molecule has 2 heterocycles. The van der Waals surface area contributed by atoms with Gasteiger partial charge in [0.15, 0.2) is 0 Å². The smallest absolute Gasteiger partial charge is 0.325 e. The number of hydrogen-bond donors (Lipinski definition) is 2. The molecule has 136 valence electrons. The molecular weight excluding hydrogens is 332 g/mol. The van der Waals surface area contributed by atoms with Gasteiger partial charge in [0.1, 0.15) is 5.54 Å². The monoisotopic (exact) mass is 358 g/mol. The number of imide groups is 1. The predicted octanol–water partition coefficient (Wildman–Crippen LogP) is 0.860. The van der Waals surface area contributed by atoms with Crippen molar-refractivity contribution in [3.05, 3.63) is 0 Å². The SMILES string of the molecule is Cl.NCC1CCN(C(=O)CCN2C(=O)NC3(CCCC3)C2=O)CC1. The second-order valence-corrected chi connectivity index (χ2v) is 6.99. The lowest BCUT2D eigenvalue weighted by molar-refractivity contribution is -0.134. The summed E-state index contributed by atoms with van der Waals surface area (Å²) in [4.78, 5) is 39.9. The van der Waals surface area contributed by atoms with Crippen LogP contribution >= 0.6 is 12.4 Å². The van der Waals surface area contributed by atoms with Gasteiger partial charge in [-0.05, 0) is 38.1 Å². The van der Waals surface area contributed by atoms with Gasteiger partial charge in [-0.15, -0.1) is 12.4 Å². The number of likely N-dealkylation sites (tertiary alicyclic amines) is 1. The van der Waals surface area contributed by atoms with E-state index in [1.54, 1.807) is 0 Å². The van der Waals surface area contributed by atoms with Crippen molar-refractivity contribution in [3.8, 4) is 0 Å². The molecule has 3 N–H and O–H groups in total. The Bertz CT molecular complexity index is 500. The minimum absolute atomic E-state index is 0. The number of nitrogens with two attached hydrogens (primary N) is 1. The number of nitrogens with zero attached hydrogens (tertiary/aromatic N) is 2. The van der Waals surface area contributed by atoms with Crippen LogP contribution in [0.15, 0.2) is 0 Å². The molecule has 4 amide bonds. The summed E-state index contributed by atoms with van der Waals surface area (Å²) in [5.74, 6) is 0.385. The molecule has 1 saturated carbocycles. The van der Waals surface area contributed by atoms with Gasteiger partial charge >= 0.3 is 6.03 Å². The molecule has 1 aliphatic carbocycles. The molecule has 7 nitrogen and oxygen atoms in total. The van der Waals surface area contributed by atoms with Crippen molar-refractivity contribution in [2.45, 2.75) is 50.5 Å². The van der Waals surface area contributed by atoms with Crippen LogP contribution < -0.4 is 11.1 Å². The standard InChI is InChI=1S/C16H26N4O3.ClH/c17-11-12-3-8-19(9-4-12)13(21)5-10-20-14(22)16(18-15(20)23)6-1-2-7-16;/h12H,1-11,17H2,(H,18,23);1H. The van der Waals surface area contributed by atoms with Crippen molar-refractivity contribution in [1.29, 1.82) is 0 Å². The molecule has 0 bridgehead atoms. The molecule has 0 unspecified atom stereocenters. The van der Waals surface area contributed by atoms with E-state index in [0.717, 1.165) is 38.8 Å². The van der Waals surface area contributed by atoms with E-state index in [1.165, 1.54) is 4.90 Å². The molecule has 0 aromatic rings. The highest BCUT2D eigenvalue weighted by Gasteiger charge is 2.52. The fourth-order valence-corrected chi connectivity index (χ4v) is 3.98. The van der Waals surface area contributed by atoms with Gasteiger partial charge in [-0.25, -0.2) is 4.79 Å². The van der Waals surface area contributed by atoms with Gasteiger partial charge < -0.3 is 16.0 Å². The first-order valence-electron chi connectivity index (χ1n) is 8.68. The molecule has 3 fully saturated rings. The topological polar surface area (TPSA) is 95.7 Å². The number of nitrogens with one attached hydrogen (secondary N) is 1. The van der Waals surface area contributed by atoms with Crippen LogP contribution in [0.4, 0.5) is 4.79 Å². The van der Waals surface area contributed by atoms with Crippen LogP contribution in [0.1, 0.15) is 44.9 Å². The molecule has 2 saturated heterocycles. The first kappa shape index (κ1) is 19.0. The quantitative estimate of drug-likeness (QED) is 0.728. The van der Waals surface area contributed by atoms with Crippen LogP contribution in [-0.4, -0.2) is 59.4 Å². The maximum absolute atomic E-state index is 12.5. The van der Waals surface area contributed by atoms with Gasteiger partial charge in [0.25, 0.3) is 5.91 Å². The summed E-state index contributed by atoms with van der Waals surface area (Å²) in [6.07, 6.45) is 5.46. The van der Waals surface area contributed by atoms with Gasteiger partial charge in [-0.3, -0.25) is 14.5 Å². The molecule has 2 aliphatic heterocycles. The predicted molar refractivity (Wildman–Crippen MR) is 91.7 cm³/mol. The minimum atomic E-state index is -0.681.